The average Bonchev–Trinajstić information content (AvgIpc) is 3.28. The van der Waals surface area contributed by atoms with Crippen LogP contribution in [0.15, 0.2) is 71.9 Å². The Balaban J connectivity index is 1.69. The van der Waals surface area contributed by atoms with Gasteiger partial charge >= 0.3 is 0 Å². The number of thioether (sulfide) groups is 1. The smallest absolute Gasteiger partial charge is 0.242 e. The van der Waals surface area contributed by atoms with E-state index in [1.807, 2.05) is 87.5 Å². The van der Waals surface area contributed by atoms with E-state index in [2.05, 4.69) is 20.8 Å². The molecule has 0 radical (unpaired) electrons. The Labute approximate surface area is 197 Å². The van der Waals surface area contributed by atoms with Crippen LogP contribution in [0.2, 0.25) is 0 Å². The highest BCUT2D eigenvalue weighted by Crippen LogP contribution is 2.37. The van der Waals surface area contributed by atoms with Gasteiger partial charge in [-0.1, -0.05) is 60.3 Å². The van der Waals surface area contributed by atoms with Crippen LogP contribution in [0.5, 0.6) is 5.75 Å². The number of ether oxygens (including phenoxy) is 1. The molecule has 4 aromatic rings. The second-order valence-electron chi connectivity index (χ2n) is 7.69. The quantitative estimate of drug-likeness (QED) is 0.389. The Kier molecular flexibility index (Phi) is 6.74. The van der Waals surface area contributed by atoms with Crippen LogP contribution in [-0.2, 0) is 4.79 Å². The fourth-order valence-corrected chi connectivity index (χ4v) is 4.48. The Morgan fingerprint density at radius 2 is 1.82 bits per heavy atom. The van der Waals surface area contributed by atoms with Crippen molar-refractivity contribution in [1.82, 2.24) is 20.2 Å². The molecule has 1 amide bonds. The lowest BCUT2D eigenvalue weighted by Crippen LogP contribution is -2.20. The summed E-state index contributed by atoms with van der Waals surface area (Å²) in [5.74, 6) is 0.414. The first kappa shape index (κ1) is 22.5. The van der Waals surface area contributed by atoms with Crippen LogP contribution >= 0.6 is 11.8 Å². The number of hydrogen-bond donors (Lipinski definition) is 1. The molecule has 8 heteroatoms. The van der Waals surface area contributed by atoms with E-state index < -0.39 is 5.25 Å². The molecule has 0 aliphatic heterocycles. The highest BCUT2D eigenvalue weighted by Gasteiger charge is 2.26. The third kappa shape index (κ3) is 4.90. The molecule has 1 heterocycles. The summed E-state index contributed by atoms with van der Waals surface area (Å²) in [5.41, 5.74) is 5.60. The summed E-state index contributed by atoms with van der Waals surface area (Å²) in [5, 5.41) is 15.3. The van der Waals surface area contributed by atoms with Crippen molar-refractivity contribution in [2.45, 2.75) is 31.2 Å². The van der Waals surface area contributed by atoms with Crippen LogP contribution in [0.3, 0.4) is 0 Å². The van der Waals surface area contributed by atoms with Crippen LogP contribution in [-0.4, -0.2) is 33.2 Å². The lowest BCUT2D eigenvalue weighted by atomic mass is 10.1. The number of nitrogens with one attached hydrogen (secondary N) is 1. The number of methoxy groups -OCH3 is 1. The van der Waals surface area contributed by atoms with Crippen molar-refractivity contribution >= 4 is 23.4 Å². The molecule has 0 aliphatic carbocycles. The number of rotatable bonds is 7. The number of carbonyl (C=O) groups is 1. The molecule has 4 rings (SSSR count). The molecule has 0 saturated heterocycles. The van der Waals surface area contributed by atoms with E-state index in [1.165, 1.54) is 11.8 Å². The molecule has 1 atom stereocenters. The van der Waals surface area contributed by atoms with Crippen molar-refractivity contribution in [1.29, 1.82) is 0 Å². The van der Waals surface area contributed by atoms with E-state index in [1.54, 1.807) is 11.8 Å². The number of carbonyl (C=O) groups excluding carboxylic acids is 1. The first-order valence-electron chi connectivity index (χ1n) is 10.5. The summed E-state index contributed by atoms with van der Waals surface area (Å²) in [7, 11) is 1.59. The van der Waals surface area contributed by atoms with E-state index in [0.29, 0.717) is 16.6 Å². The summed E-state index contributed by atoms with van der Waals surface area (Å²) in [6.45, 7) is 6.05. The number of nitrogens with zero attached hydrogens (tertiary/aromatic N) is 4. The minimum atomic E-state index is -0.578. The van der Waals surface area contributed by atoms with E-state index >= 15 is 0 Å². The van der Waals surface area contributed by atoms with Gasteiger partial charge in [0.05, 0.1) is 18.5 Å². The van der Waals surface area contributed by atoms with Crippen molar-refractivity contribution in [2.24, 2.45) is 0 Å². The molecular weight excluding hydrogens is 434 g/mol. The predicted molar refractivity (Wildman–Crippen MR) is 130 cm³/mol. The van der Waals surface area contributed by atoms with Crippen LogP contribution < -0.4 is 10.1 Å². The minimum absolute atomic E-state index is 0.189. The predicted octanol–water partition coefficient (Wildman–Crippen LogP) is 5.07. The molecule has 168 valence electrons. The average molecular weight is 460 g/mol. The molecule has 1 N–H and O–H groups in total. The first-order chi connectivity index (χ1) is 16.0. The van der Waals surface area contributed by atoms with Gasteiger partial charge in [0.2, 0.25) is 11.1 Å². The lowest BCUT2D eigenvalue weighted by molar-refractivity contribution is -0.115. The molecule has 1 aromatic heterocycles. The van der Waals surface area contributed by atoms with Gasteiger partial charge in [0, 0.05) is 0 Å². The van der Waals surface area contributed by atoms with Crippen molar-refractivity contribution in [3.05, 3.63) is 89.0 Å². The molecule has 0 saturated carbocycles. The summed E-state index contributed by atoms with van der Waals surface area (Å²) in [4.78, 5) is 13.5. The van der Waals surface area contributed by atoms with Gasteiger partial charge in [-0.25, -0.2) is 0 Å². The third-order valence-corrected chi connectivity index (χ3v) is 6.61. The number of aryl methyl sites for hydroxylation is 2. The third-order valence-electron chi connectivity index (χ3n) is 5.42. The van der Waals surface area contributed by atoms with Crippen LogP contribution in [0, 0.1) is 20.8 Å². The maximum atomic E-state index is 13.5. The zero-order valence-corrected chi connectivity index (χ0v) is 19.8. The number of amides is 1. The van der Waals surface area contributed by atoms with Crippen molar-refractivity contribution in [2.75, 3.05) is 12.4 Å². The Morgan fingerprint density at radius 3 is 2.58 bits per heavy atom. The summed E-state index contributed by atoms with van der Waals surface area (Å²) < 4.78 is 7.12. The normalized spacial score (nSPS) is 11.8. The van der Waals surface area contributed by atoms with Gasteiger partial charge < -0.3 is 10.1 Å². The van der Waals surface area contributed by atoms with Gasteiger partial charge in [0.25, 0.3) is 0 Å². The molecule has 0 fully saturated rings. The SMILES string of the molecule is COc1ccc(C)cc1NC(=O)C(Sc1nnnn1-c1cccc(C)c1C)c1ccccc1. The zero-order valence-electron chi connectivity index (χ0n) is 18.9. The Hall–Kier alpha value is -3.65. The number of hydrogen-bond acceptors (Lipinski definition) is 6. The van der Waals surface area contributed by atoms with Crippen LogP contribution in [0.25, 0.3) is 5.69 Å². The number of benzene rings is 3. The lowest BCUT2D eigenvalue weighted by Gasteiger charge is -2.18. The van der Waals surface area contributed by atoms with Crippen LogP contribution in [0.1, 0.15) is 27.5 Å². The largest absolute Gasteiger partial charge is 0.495 e. The fourth-order valence-electron chi connectivity index (χ4n) is 3.49. The highest BCUT2D eigenvalue weighted by molar-refractivity contribution is 8.00. The number of aromatic nitrogens is 4. The van der Waals surface area contributed by atoms with Crippen molar-refractivity contribution in [3.63, 3.8) is 0 Å². The van der Waals surface area contributed by atoms with E-state index in [4.69, 9.17) is 4.74 Å². The van der Waals surface area contributed by atoms with Gasteiger partial charge in [-0.05, 0) is 71.7 Å². The van der Waals surface area contributed by atoms with Gasteiger partial charge in [-0.2, -0.15) is 4.68 Å². The number of anilines is 1. The van der Waals surface area contributed by atoms with E-state index in [9.17, 15) is 4.79 Å². The van der Waals surface area contributed by atoms with Crippen molar-refractivity contribution in [3.8, 4) is 11.4 Å². The van der Waals surface area contributed by atoms with Crippen LogP contribution in [0.4, 0.5) is 5.69 Å². The summed E-state index contributed by atoms with van der Waals surface area (Å²) in [6.07, 6.45) is 0. The van der Waals surface area contributed by atoms with Crippen molar-refractivity contribution < 1.29 is 9.53 Å². The van der Waals surface area contributed by atoms with Gasteiger partial charge in [0.15, 0.2) is 0 Å². The standard InChI is InChI=1S/C25H25N5O2S/c1-16-13-14-22(32-4)20(15-16)26-24(31)23(19-10-6-5-7-11-19)33-25-27-28-29-30(25)21-12-8-9-17(2)18(21)3/h5-15,23H,1-4H3,(H,26,31). The Morgan fingerprint density at radius 1 is 1.03 bits per heavy atom. The molecule has 1 unspecified atom stereocenters. The highest BCUT2D eigenvalue weighted by atomic mass is 32.2. The molecule has 0 spiro atoms. The molecule has 0 bridgehead atoms. The first-order valence-corrected chi connectivity index (χ1v) is 11.4. The topological polar surface area (TPSA) is 81.9 Å². The van der Waals surface area contributed by atoms with E-state index in [-0.39, 0.29) is 5.91 Å². The fraction of sp³-hybridized carbons (Fsp3) is 0.200. The van der Waals surface area contributed by atoms with Gasteiger partial charge in [0.1, 0.15) is 11.0 Å². The van der Waals surface area contributed by atoms with E-state index in [0.717, 1.165) is 27.9 Å². The van der Waals surface area contributed by atoms with Gasteiger partial charge in [-0.15, -0.1) is 5.10 Å². The second-order valence-corrected chi connectivity index (χ2v) is 8.77. The number of tetrazole rings is 1. The molecule has 0 aliphatic rings. The minimum Gasteiger partial charge on any atom is -0.495 e. The maximum Gasteiger partial charge on any atom is 0.242 e. The molecular formula is C25H25N5O2S. The summed E-state index contributed by atoms with van der Waals surface area (Å²) in [6, 6.07) is 21.3. The summed E-state index contributed by atoms with van der Waals surface area (Å²) >= 11 is 1.30. The molecule has 3 aromatic carbocycles. The maximum absolute atomic E-state index is 13.5. The van der Waals surface area contributed by atoms with Gasteiger partial charge in [-0.3, -0.25) is 4.79 Å². The molecule has 33 heavy (non-hydrogen) atoms. The second kappa shape index (κ2) is 9.87. The monoisotopic (exact) mass is 459 g/mol. The Bertz CT molecular complexity index is 1270. The molecule has 7 nitrogen and oxygen atoms in total. The zero-order chi connectivity index (χ0) is 23.4.